The molecular formula is C12H16N2O2S. The Morgan fingerprint density at radius 3 is 2.65 bits per heavy atom. The second-order valence-electron chi connectivity index (χ2n) is 4.29. The lowest BCUT2D eigenvalue weighted by Gasteiger charge is -2.08. The molecule has 1 aromatic rings. The highest BCUT2D eigenvalue weighted by Crippen LogP contribution is 2.11. The van der Waals surface area contributed by atoms with Crippen LogP contribution < -0.4 is 5.43 Å². The van der Waals surface area contributed by atoms with Crippen LogP contribution in [-0.2, 0) is 9.84 Å². The normalized spacial score (nSPS) is 23.6. The monoisotopic (exact) mass is 252 g/mol. The molecule has 1 heterocycles. The van der Waals surface area contributed by atoms with Crippen molar-refractivity contribution in [2.24, 2.45) is 5.10 Å². The molecule has 1 aliphatic rings. The van der Waals surface area contributed by atoms with E-state index < -0.39 is 9.84 Å². The fourth-order valence-corrected chi connectivity index (χ4v) is 3.49. The summed E-state index contributed by atoms with van der Waals surface area (Å²) in [6.45, 7) is 1.91. The first kappa shape index (κ1) is 12.1. The van der Waals surface area contributed by atoms with Crippen molar-refractivity contribution < 1.29 is 8.42 Å². The van der Waals surface area contributed by atoms with E-state index in [0.29, 0.717) is 6.42 Å². The summed E-state index contributed by atoms with van der Waals surface area (Å²) in [7, 11) is -2.84. The average Bonchev–Trinajstić information content (AvgIpc) is 2.67. The van der Waals surface area contributed by atoms with Crippen LogP contribution in [0.15, 0.2) is 35.4 Å². The zero-order valence-electron chi connectivity index (χ0n) is 9.76. The van der Waals surface area contributed by atoms with Gasteiger partial charge >= 0.3 is 0 Å². The van der Waals surface area contributed by atoms with Gasteiger partial charge in [0.2, 0.25) is 0 Å². The van der Waals surface area contributed by atoms with E-state index in [9.17, 15) is 8.42 Å². The summed E-state index contributed by atoms with van der Waals surface area (Å²) in [6, 6.07) is 9.77. The number of sulfone groups is 1. The molecule has 92 valence electrons. The minimum absolute atomic E-state index is 0.0429. The zero-order chi connectivity index (χ0) is 12.3. The molecule has 1 atom stereocenters. The van der Waals surface area contributed by atoms with Gasteiger partial charge < -0.3 is 5.43 Å². The maximum atomic E-state index is 11.3. The second kappa shape index (κ2) is 4.87. The molecule has 0 bridgehead atoms. The van der Waals surface area contributed by atoms with Crippen LogP contribution in [0.5, 0.6) is 0 Å². The Kier molecular flexibility index (Phi) is 3.47. The predicted octanol–water partition coefficient (Wildman–Crippen LogP) is 1.19. The molecule has 1 unspecified atom stereocenters. The Morgan fingerprint density at radius 1 is 1.35 bits per heavy atom. The molecular weight excluding hydrogens is 236 g/mol. The van der Waals surface area contributed by atoms with Crippen molar-refractivity contribution in [3.8, 4) is 0 Å². The highest BCUT2D eigenvalue weighted by atomic mass is 32.2. The van der Waals surface area contributed by atoms with Crippen molar-refractivity contribution in [1.82, 2.24) is 5.43 Å². The molecule has 0 radical (unpaired) electrons. The van der Waals surface area contributed by atoms with Crippen LogP contribution >= 0.6 is 0 Å². The van der Waals surface area contributed by atoms with E-state index in [2.05, 4.69) is 10.5 Å². The number of benzene rings is 1. The number of hydrogen-bond donors (Lipinski definition) is 1. The van der Waals surface area contributed by atoms with Crippen molar-refractivity contribution in [3.05, 3.63) is 35.9 Å². The van der Waals surface area contributed by atoms with Crippen LogP contribution in [0.25, 0.3) is 0 Å². The fourth-order valence-electron chi connectivity index (χ4n) is 1.83. The molecule has 0 amide bonds. The quantitative estimate of drug-likeness (QED) is 0.649. The third kappa shape index (κ3) is 3.30. The Bertz CT molecular complexity index is 509. The highest BCUT2D eigenvalue weighted by molar-refractivity contribution is 7.91. The van der Waals surface area contributed by atoms with Gasteiger partial charge in [0, 0.05) is 0 Å². The van der Waals surface area contributed by atoms with Crippen molar-refractivity contribution in [2.75, 3.05) is 11.5 Å². The Labute approximate surface area is 102 Å². The maximum Gasteiger partial charge on any atom is 0.152 e. The molecule has 0 aliphatic carbocycles. The molecule has 0 aromatic heterocycles. The molecule has 5 heteroatoms. The summed E-state index contributed by atoms with van der Waals surface area (Å²) >= 11 is 0. The molecule has 1 aromatic carbocycles. The van der Waals surface area contributed by atoms with Crippen molar-refractivity contribution in [2.45, 2.75) is 19.4 Å². The van der Waals surface area contributed by atoms with Crippen molar-refractivity contribution >= 4 is 15.5 Å². The van der Waals surface area contributed by atoms with Gasteiger partial charge in [-0.1, -0.05) is 30.3 Å². The van der Waals surface area contributed by atoms with Gasteiger partial charge in [0.25, 0.3) is 0 Å². The van der Waals surface area contributed by atoms with E-state index >= 15 is 0 Å². The lowest BCUT2D eigenvalue weighted by Crippen LogP contribution is -2.26. The van der Waals surface area contributed by atoms with Crippen LogP contribution in [0.4, 0.5) is 0 Å². The number of rotatable bonds is 3. The summed E-state index contributed by atoms with van der Waals surface area (Å²) in [4.78, 5) is 0. The fraction of sp³-hybridized carbons (Fsp3) is 0.417. The van der Waals surface area contributed by atoms with Gasteiger partial charge in [0.1, 0.15) is 0 Å². The van der Waals surface area contributed by atoms with Crippen molar-refractivity contribution in [1.29, 1.82) is 0 Å². The lowest BCUT2D eigenvalue weighted by molar-refractivity contribution is 0.577. The zero-order valence-corrected chi connectivity index (χ0v) is 10.6. The molecule has 1 fully saturated rings. The van der Waals surface area contributed by atoms with Gasteiger partial charge in [0.05, 0.1) is 23.3 Å². The van der Waals surface area contributed by atoms with Crippen LogP contribution in [0, 0.1) is 0 Å². The second-order valence-corrected chi connectivity index (χ2v) is 6.52. The smallest absolute Gasteiger partial charge is 0.152 e. The minimum Gasteiger partial charge on any atom is -0.306 e. The minimum atomic E-state index is -2.84. The average molecular weight is 252 g/mol. The molecule has 2 rings (SSSR count). The van der Waals surface area contributed by atoms with E-state index in [1.54, 1.807) is 0 Å². The van der Waals surface area contributed by atoms with Gasteiger partial charge in [-0.15, -0.1) is 0 Å². The molecule has 17 heavy (non-hydrogen) atoms. The summed E-state index contributed by atoms with van der Waals surface area (Å²) in [6.07, 6.45) is 0.647. The standard InChI is InChI=1S/C12H16N2O2S/c1-10(11-5-3-2-4-6-11)13-14-12-7-8-17(15,16)9-12/h2-6,12,14H,7-9H2,1H3. The van der Waals surface area contributed by atoms with E-state index in [1.165, 1.54) is 0 Å². The molecule has 0 spiro atoms. The summed E-state index contributed by atoms with van der Waals surface area (Å²) in [5.41, 5.74) is 4.86. The topological polar surface area (TPSA) is 58.5 Å². The van der Waals surface area contributed by atoms with E-state index in [4.69, 9.17) is 0 Å². The van der Waals surface area contributed by atoms with E-state index in [0.717, 1.165) is 11.3 Å². The molecule has 4 nitrogen and oxygen atoms in total. The first-order chi connectivity index (χ1) is 8.07. The number of nitrogens with one attached hydrogen (secondary N) is 1. The van der Waals surface area contributed by atoms with Crippen LogP contribution in [-0.4, -0.2) is 31.7 Å². The molecule has 0 saturated carbocycles. The maximum absolute atomic E-state index is 11.3. The van der Waals surface area contributed by atoms with Gasteiger partial charge in [-0.3, -0.25) is 0 Å². The number of hydrazone groups is 1. The number of nitrogens with zero attached hydrogens (tertiary/aromatic N) is 1. The summed E-state index contributed by atoms with van der Waals surface area (Å²) in [5, 5.41) is 4.24. The SMILES string of the molecule is CC(=NNC1CCS(=O)(=O)C1)c1ccccc1. The largest absolute Gasteiger partial charge is 0.306 e. The number of hydrogen-bond acceptors (Lipinski definition) is 4. The van der Waals surface area contributed by atoms with Gasteiger partial charge in [0.15, 0.2) is 9.84 Å². The first-order valence-electron chi connectivity index (χ1n) is 5.62. The van der Waals surface area contributed by atoms with Crippen LogP contribution in [0.3, 0.4) is 0 Å². The molecule has 1 N–H and O–H groups in total. The van der Waals surface area contributed by atoms with Gasteiger partial charge in [-0.2, -0.15) is 5.10 Å². The summed E-state index contributed by atoms with van der Waals surface area (Å²) in [5.74, 6) is 0.461. The van der Waals surface area contributed by atoms with Gasteiger partial charge in [-0.25, -0.2) is 8.42 Å². The summed E-state index contributed by atoms with van der Waals surface area (Å²) < 4.78 is 22.5. The van der Waals surface area contributed by atoms with Crippen molar-refractivity contribution in [3.63, 3.8) is 0 Å². The van der Waals surface area contributed by atoms with E-state index in [-0.39, 0.29) is 17.5 Å². The third-order valence-corrected chi connectivity index (χ3v) is 4.61. The lowest BCUT2D eigenvalue weighted by atomic mass is 10.1. The molecule has 1 aliphatic heterocycles. The molecule has 1 saturated heterocycles. The van der Waals surface area contributed by atoms with Crippen LogP contribution in [0.1, 0.15) is 18.9 Å². The Hall–Kier alpha value is -1.36. The highest BCUT2D eigenvalue weighted by Gasteiger charge is 2.27. The van der Waals surface area contributed by atoms with Gasteiger partial charge in [-0.05, 0) is 18.9 Å². The Balaban J connectivity index is 1.98. The van der Waals surface area contributed by atoms with E-state index in [1.807, 2.05) is 37.3 Å². The van der Waals surface area contributed by atoms with Crippen LogP contribution in [0.2, 0.25) is 0 Å². The third-order valence-electron chi connectivity index (χ3n) is 2.84. The Morgan fingerprint density at radius 2 is 2.06 bits per heavy atom. The first-order valence-corrected chi connectivity index (χ1v) is 7.45. The predicted molar refractivity (Wildman–Crippen MR) is 68.8 cm³/mol.